The maximum atomic E-state index is 12.8. The second-order valence-electron chi connectivity index (χ2n) is 15.5. The number of nitrogens with one attached hydrogen (secondary N) is 2. The fraction of sp³-hybridized carbons (Fsp3) is 0.537. The number of fused-ring (bicyclic) bond motifs is 1. The second-order valence-corrected chi connectivity index (χ2v) is 16.9. The summed E-state index contributed by atoms with van der Waals surface area (Å²) in [6, 6.07) is 13.1. The average molecular weight is 870 g/mol. The monoisotopic (exact) mass is 869 g/mol. The number of rotatable bonds is 21. The molecule has 1 amide bonds. The zero-order chi connectivity index (χ0) is 43.5. The predicted molar refractivity (Wildman–Crippen MR) is 230 cm³/mol. The molecule has 0 spiro atoms. The van der Waals surface area contributed by atoms with Gasteiger partial charge in [-0.25, -0.2) is 9.55 Å². The molecular formula is C41H60N9O10P. The van der Waals surface area contributed by atoms with Crippen LogP contribution in [0.4, 0.5) is 17.5 Å². The molecule has 1 unspecified atom stereocenters. The molecular weight excluding hydrogens is 809 g/mol. The van der Waals surface area contributed by atoms with Gasteiger partial charge < -0.3 is 56.4 Å². The van der Waals surface area contributed by atoms with E-state index in [1.165, 1.54) is 34.9 Å². The van der Waals surface area contributed by atoms with Crippen molar-refractivity contribution in [2.45, 2.75) is 83.8 Å². The summed E-state index contributed by atoms with van der Waals surface area (Å²) in [7, 11) is -4.44. The van der Waals surface area contributed by atoms with E-state index in [0.717, 1.165) is 75.4 Å². The Bertz CT molecular complexity index is 2120. The van der Waals surface area contributed by atoms with Crippen LogP contribution >= 0.6 is 7.82 Å². The van der Waals surface area contributed by atoms with Gasteiger partial charge in [-0.3, -0.25) is 23.6 Å². The molecule has 10 N–H and O–H groups in total. The standard InChI is InChI=1S/C41H60N9O10P/c1-3-4-5-13-44-39-36-31(46-41(43)47-39)11-14-50(36)24-30-8-6-28(21-27(30)2)23-49-17-15-48(16-18-49)19-20-58-61(55,56)59-25-29-7-9-34(32(22-29)45-35(52)10-12-42)60-40-38(54)37(53)33(51)26-57-40/h6-9,11,14,21-22,33,37-38,40,51,53-54H,3-5,10,12-13,15-20,23-26,42H2,1-2H3,(H,45,52)(H,55,56)(H3,43,44,46,47)/t33-,37+,38-,40+/m1/s1. The molecule has 19 nitrogen and oxygen atoms in total. The molecule has 2 aromatic heterocycles. The van der Waals surface area contributed by atoms with Crippen LogP contribution < -0.4 is 26.8 Å². The van der Waals surface area contributed by atoms with Gasteiger partial charge >= 0.3 is 7.82 Å². The summed E-state index contributed by atoms with van der Waals surface area (Å²) in [6.45, 7) is 9.77. The number of carbonyl (C=O) groups excluding carboxylic acids is 1. The number of nitrogens with two attached hydrogens (primary N) is 2. The lowest BCUT2D eigenvalue weighted by molar-refractivity contribution is -0.241. The third kappa shape index (κ3) is 12.9. The number of phosphoric acid groups is 1. The lowest BCUT2D eigenvalue weighted by atomic mass is 10.0. The number of hydrogen-bond acceptors (Lipinski definition) is 16. The minimum atomic E-state index is -4.44. The second kappa shape index (κ2) is 21.7. The molecule has 0 bridgehead atoms. The number of piperazine rings is 1. The van der Waals surface area contributed by atoms with Crippen LogP contribution in [0.15, 0.2) is 48.7 Å². The molecule has 0 saturated carbocycles. The number of hydrogen-bond donors (Lipinski definition) is 8. The molecule has 6 rings (SSSR count). The van der Waals surface area contributed by atoms with Crippen molar-refractivity contribution in [3.8, 4) is 5.75 Å². The highest BCUT2D eigenvalue weighted by molar-refractivity contribution is 7.47. The number of phosphoric ester groups is 1. The van der Waals surface area contributed by atoms with Crippen LogP contribution in [-0.2, 0) is 42.8 Å². The first-order chi connectivity index (χ1) is 29.3. The number of amides is 1. The fourth-order valence-corrected chi connectivity index (χ4v) is 8.00. The number of anilines is 3. The van der Waals surface area contributed by atoms with Gasteiger partial charge in [-0.1, -0.05) is 44.0 Å². The summed E-state index contributed by atoms with van der Waals surface area (Å²) < 4.78 is 36.6. The maximum absolute atomic E-state index is 12.8. The number of aliphatic hydroxyl groups excluding tert-OH is 3. The smallest absolute Gasteiger partial charge is 0.460 e. The molecule has 20 heteroatoms. The molecule has 2 aliphatic heterocycles. The van der Waals surface area contributed by atoms with E-state index in [1.807, 2.05) is 12.3 Å². The Morgan fingerprint density at radius 3 is 2.51 bits per heavy atom. The van der Waals surface area contributed by atoms with Gasteiger partial charge in [0.1, 0.15) is 29.6 Å². The molecule has 2 aliphatic rings. The molecule has 334 valence electrons. The third-order valence-corrected chi connectivity index (χ3v) is 11.7. The molecule has 5 atom stereocenters. The molecule has 2 saturated heterocycles. The van der Waals surface area contributed by atoms with Gasteiger partial charge in [0.15, 0.2) is 5.82 Å². The van der Waals surface area contributed by atoms with Crippen LogP contribution in [-0.4, -0.2) is 134 Å². The Hall–Kier alpha value is -4.24. The number of aromatic nitrogens is 3. The van der Waals surface area contributed by atoms with Gasteiger partial charge in [-0.15, -0.1) is 0 Å². The highest BCUT2D eigenvalue weighted by Gasteiger charge is 2.39. The van der Waals surface area contributed by atoms with Crippen molar-refractivity contribution in [1.82, 2.24) is 24.3 Å². The van der Waals surface area contributed by atoms with Crippen molar-refractivity contribution < 1.29 is 48.1 Å². The topological polar surface area (TPSA) is 265 Å². The largest absolute Gasteiger partial charge is 0.472 e. The minimum absolute atomic E-state index is 0.0104. The zero-order valence-corrected chi connectivity index (χ0v) is 35.7. The van der Waals surface area contributed by atoms with Gasteiger partial charge in [0.2, 0.25) is 18.1 Å². The number of carbonyl (C=O) groups is 1. The summed E-state index contributed by atoms with van der Waals surface area (Å²) in [6.07, 6.45) is -0.284. The van der Waals surface area contributed by atoms with E-state index in [4.69, 9.17) is 30.0 Å². The summed E-state index contributed by atoms with van der Waals surface area (Å²) in [5.74, 6) is 0.677. The van der Waals surface area contributed by atoms with Crippen molar-refractivity contribution in [2.75, 3.05) is 75.4 Å². The first-order valence-electron chi connectivity index (χ1n) is 20.8. The van der Waals surface area contributed by atoms with Crippen LogP contribution in [0.5, 0.6) is 5.75 Å². The van der Waals surface area contributed by atoms with Gasteiger partial charge in [-0.05, 0) is 53.8 Å². The van der Waals surface area contributed by atoms with E-state index in [1.54, 1.807) is 0 Å². The van der Waals surface area contributed by atoms with E-state index in [0.29, 0.717) is 18.7 Å². The van der Waals surface area contributed by atoms with E-state index in [2.05, 4.69) is 67.0 Å². The van der Waals surface area contributed by atoms with E-state index in [-0.39, 0.29) is 50.2 Å². The number of nitrogens with zero attached hydrogens (tertiary/aromatic N) is 5. The quantitative estimate of drug-likeness (QED) is 0.0442. The fourth-order valence-electron chi connectivity index (χ4n) is 7.31. The number of ether oxygens (including phenoxy) is 2. The molecule has 61 heavy (non-hydrogen) atoms. The molecule has 4 heterocycles. The van der Waals surface area contributed by atoms with Gasteiger partial charge in [-0.2, -0.15) is 4.98 Å². The van der Waals surface area contributed by atoms with Crippen molar-refractivity contribution in [3.63, 3.8) is 0 Å². The highest BCUT2D eigenvalue weighted by Crippen LogP contribution is 2.44. The summed E-state index contributed by atoms with van der Waals surface area (Å²) in [5, 5.41) is 36.2. The Morgan fingerprint density at radius 1 is 0.984 bits per heavy atom. The zero-order valence-electron chi connectivity index (χ0n) is 34.8. The highest BCUT2D eigenvalue weighted by atomic mass is 31.2. The number of aliphatic hydroxyl groups is 3. The van der Waals surface area contributed by atoms with Crippen molar-refractivity contribution in [2.24, 2.45) is 5.73 Å². The van der Waals surface area contributed by atoms with Crippen molar-refractivity contribution in [1.29, 1.82) is 0 Å². The van der Waals surface area contributed by atoms with Crippen LogP contribution in [0.1, 0.15) is 54.9 Å². The van der Waals surface area contributed by atoms with E-state index in [9.17, 15) is 29.6 Å². The molecule has 4 aromatic rings. The van der Waals surface area contributed by atoms with Crippen molar-refractivity contribution in [3.05, 3.63) is 70.9 Å². The Kier molecular flexibility index (Phi) is 16.5. The normalized spacial score (nSPS) is 21.0. The van der Waals surface area contributed by atoms with Crippen LogP contribution in [0, 0.1) is 6.92 Å². The minimum Gasteiger partial charge on any atom is -0.460 e. The lowest BCUT2D eigenvalue weighted by Crippen LogP contribution is -2.54. The number of unbranched alkanes of at least 4 members (excludes halogenated alkanes) is 2. The van der Waals surface area contributed by atoms with Crippen LogP contribution in [0.3, 0.4) is 0 Å². The Labute approximate surface area is 355 Å². The van der Waals surface area contributed by atoms with Crippen molar-refractivity contribution >= 4 is 42.2 Å². The van der Waals surface area contributed by atoms with Crippen LogP contribution in [0.25, 0.3) is 11.0 Å². The Morgan fingerprint density at radius 2 is 1.75 bits per heavy atom. The average Bonchev–Trinajstić information content (AvgIpc) is 3.63. The molecule has 0 aliphatic carbocycles. The maximum Gasteiger partial charge on any atom is 0.472 e. The van der Waals surface area contributed by atoms with Gasteiger partial charge in [0.05, 0.1) is 31.0 Å². The lowest BCUT2D eigenvalue weighted by Gasteiger charge is -2.35. The van der Waals surface area contributed by atoms with E-state index >= 15 is 0 Å². The molecule has 0 radical (unpaired) electrons. The SMILES string of the molecule is CCCCCNc1nc(N)nc2ccn(Cc3ccc(CN4CCN(CCOP(=O)(O)OCc5ccc(O[C@@H]6OC[C@@H](O)[C@H](O)[C@H]6O)c(NC(=O)CCN)c5)CC4)cc3C)c12. The number of aryl methyl sites for hydroxylation is 1. The predicted octanol–water partition coefficient (Wildman–Crippen LogP) is 2.53. The third-order valence-electron chi connectivity index (χ3n) is 10.8. The van der Waals surface area contributed by atoms with Gasteiger partial charge in [0, 0.05) is 71.5 Å². The summed E-state index contributed by atoms with van der Waals surface area (Å²) in [4.78, 5) is 36.4. The Balaban J connectivity index is 0.947. The molecule has 2 fully saturated rings. The number of nitrogen functional groups attached to an aromatic ring is 1. The first-order valence-corrected chi connectivity index (χ1v) is 22.3. The first kappa shape index (κ1) is 46.3. The van der Waals surface area contributed by atoms with Crippen LogP contribution in [0.2, 0.25) is 0 Å². The summed E-state index contributed by atoms with van der Waals surface area (Å²) >= 11 is 0. The van der Waals surface area contributed by atoms with Gasteiger partial charge in [0.25, 0.3) is 0 Å². The number of benzene rings is 2. The molecule has 2 aromatic carbocycles. The van der Waals surface area contributed by atoms with E-state index < -0.39 is 38.3 Å². The summed E-state index contributed by atoms with van der Waals surface area (Å²) in [5.41, 5.74) is 17.5.